The topological polar surface area (TPSA) is 37.4 Å². The van der Waals surface area contributed by atoms with Crippen molar-refractivity contribution in [2.75, 3.05) is 17.1 Å². The van der Waals surface area contributed by atoms with Crippen molar-refractivity contribution in [3.63, 3.8) is 0 Å². The van der Waals surface area contributed by atoms with Crippen LogP contribution >= 0.6 is 0 Å². The number of rotatable bonds is 1. The molecule has 1 heterocycles. The van der Waals surface area contributed by atoms with Crippen LogP contribution in [0.25, 0.3) is 0 Å². The molecule has 0 spiro atoms. The minimum atomic E-state index is -3.18. The summed E-state index contributed by atoms with van der Waals surface area (Å²) < 4.78 is 25.0. The van der Waals surface area contributed by atoms with Gasteiger partial charge < -0.3 is 0 Å². The van der Waals surface area contributed by atoms with E-state index in [1.807, 2.05) is 25.1 Å². The van der Waals surface area contributed by atoms with Gasteiger partial charge in [0.2, 0.25) is 10.0 Å². The zero-order chi connectivity index (χ0) is 12.1. The number of benzene rings is 1. The van der Waals surface area contributed by atoms with Gasteiger partial charge in [-0.2, -0.15) is 0 Å². The summed E-state index contributed by atoms with van der Waals surface area (Å²) in [6.45, 7) is 6.65. The summed E-state index contributed by atoms with van der Waals surface area (Å²) in [4.78, 5) is 0. The molecule has 2 rings (SSSR count). The van der Waals surface area contributed by atoms with E-state index in [9.17, 15) is 8.42 Å². The van der Waals surface area contributed by atoms with Crippen LogP contribution in [-0.4, -0.2) is 21.2 Å². The normalized spacial score (nSPS) is 18.6. The Balaban J connectivity index is 2.71. The van der Waals surface area contributed by atoms with Gasteiger partial charge in [-0.25, -0.2) is 8.42 Å². The van der Waals surface area contributed by atoms with Gasteiger partial charge in [0.15, 0.2) is 0 Å². The van der Waals surface area contributed by atoms with E-state index in [1.54, 1.807) is 0 Å². The molecule has 3 nitrogen and oxygen atoms in total. The van der Waals surface area contributed by atoms with Crippen molar-refractivity contribution < 1.29 is 8.42 Å². The van der Waals surface area contributed by atoms with Gasteiger partial charge >= 0.3 is 0 Å². The van der Waals surface area contributed by atoms with E-state index < -0.39 is 10.0 Å². The first-order valence-electron chi connectivity index (χ1n) is 5.31. The van der Waals surface area contributed by atoms with Crippen molar-refractivity contribution >= 4 is 15.7 Å². The molecule has 0 N–H and O–H groups in total. The largest absolute Gasteiger partial charge is 0.269 e. The Morgan fingerprint density at radius 3 is 2.50 bits per heavy atom. The van der Waals surface area contributed by atoms with Crippen LogP contribution in [0, 0.1) is 6.92 Å². The van der Waals surface area contributed by atoms with Gasteiger partial charge in [0.1, 0.15) is 0 Å². The van der Waals surface area contributed by atoms with Crippen LogP contribution in [0.15, 0.2) is 18.2 Å². The highest BCUT2D eigenvalue weighted by Gasteiger charge is 2.39. The molecule has 0 bridgehead atoms. The molecule has 1 aliphatic rings. The number of hydrogen-bond donors (Lipinski definition) is 0. The van der Waals surface area contributed by atoms with E-state index in [-0.39, 0.29) is 5.41 Å². The summed E-state index contributed by atoms with van der Waals surface area (Å²) in [6, 6.07) is 5.97. The van der Waals surface area contributed by atoms with Crippen LogP contribution in [0.2, 0.25) is 0 Å². The number of nitrogens with zero attached hydrogens (tertiary/aromatic N) is 1. The lowest BCUT2D eigenvalue weighted by Gasteiger charge is -2.20. The Morgan fingerprint density at radius 2 is 1.94 bits per heavy atom. The highest BCUT2D eigenvalue weighted by Crippen LogP contribution is 2.43. The van der Waals surface area contributed by atoms with Crippen LogP contribution in [0.5, 0.6) is 0 Å². The van der Waals surface area contributed by atoms with Crippen LogP contribution in [0.3, 0.4) is 0 Å². The third kappa shape index (κ3) is 1.61. The average Bonchev–Trinajstić information content (AvgIpc) is 2.39. The second-order valence-corrected chi connectivity index (χ2v) is 7.03. The van der Waals surface area contributed by atoms with E-state index in [0.717, 1.165) is 16.8 Å². The van der Waals surface area contributed by atoms with E-state index in [0.29, 0.717) is 6.54 Å². The molecule has 0 unspecified atom stereocenters. The summed E-state index contributed by atoms with van der Waals surface area (Å²) in [6.07, 6.45) is 1.27. The maximum absolute atomic E-state index is 11.8. The van der Waals surface area contributed by atoms with Gasteiger partial charge in [-0.1, -0.05) is 32.0 Å². The predicted octanol–water partition coefficient (Wildman–Crippen LogP) is 2.05. The average molecular weight is 239 g/mol. The van der Waals surface area contributed by atoms with Gasteiger partial charge in [0, 0.05) is 12.0 Å². The maximum atomic E-state index is 11.8. The second kappa shape index (κ2) is 3.23. The summed E-state index contributed by atoms with van der Waals surface area (Å²) in [7, 11) is -3.18. The van der Waals surface area contributed by atoms with Crippen molar-refractivity contribution in [2.24, 2.45) is 0 Å². The van der Waals surface area contributed by atoms with Crippen molar-refractivity contribution in [3.8, 4) is 0 Å². The maximum Gasteiger partial charge on any atom is 0.232 e. The standard InChI is InChI=1S/C12H17NO2S/c1-9-6-5-7-10-11(9)13(16(4,14)15)8-12(10,2)3/h5-7H,8H2,1-4H3. The Hall–Kier alpha value is -1.03. The number of aryl methyl sites for hydroxylation is 1. The van der Waals surface area contributed by atoms with Crippen LogP contribution in [0.1, 0.15) is 25.0 Å². The molecular formula is C12H17NO2S. The minimum absolute atomic E-state index is 0.107. The molecule has 0 amide bonds. The fraction of sp³-hybridized carbons (Fsp3) is 0.500. The summed E-state index contributed by atoms with van der Waals surface area (Å²) in [5.41, 5.74) is 2.91. The first-order chi connectivity index (χ1) is 7.23. The Kier molecular flexibility index (Phi) is 2.31. The highest BCUT2D eigenvalue weighted by atomic mass is 32.2. The number of sulfonamides is 1. The van der Waals surface area contributed by atoms with Crippen molar-refractivity contribution in [1.82, 2.24) is 0 Å². The monoisotopic (exact) mass is 239 g/mol. The molecule has 0 radical (unpaired) electrons. The summed E-state index contributed by atoms with van der Waals surface area (Å²) >= 11 is 0. The molecule has 1 aromatic carbocycles. The molecular weight excluding hydrogens is 222 g/mol. The zero-order valence-corrected chi connectivity index (χ0v) is 10.9. The SMILES string of the molecule is Cc1cccc2c1N(S(C)(=O)=O)CC2(C)C. The predicted molar refractivity (Wildman–Crippen MR) is 66.4 cm³/mol. The molecule has 4 heteroatoms. The van der Waals surface area contributed by atoms with Gasteiger partial charge in [-0.3, -0.25) is 4.31 Å². The lowest BCUT2D eigenvalue weighted by molar-refractivity contribution is 0.557. The zero-order valence-electron chi connectivity index (χ0n) is 10.1. The van der Waals surface area contributed by atoms with Crippen LogP contribution in [-0.2, 0) is 15.4 Å². The molecule has 0 fully saturated rings. The molecule has 1 aliphatic heterocycles. The molecule has 0 saturated carbocycles. The fourth-order valence-electron chi connectivity index (χ4n) is 2.34. The number of hydrogen-bond acceptors (Lipinski definition) is 2. The van der Waals surface area contributed by atoms with E-state index in [1.165, 1.54) is 10.6 Å². The number of fused-ring (bicyclic) bond motifs is 1. The molecule has 0 aliphatic carbocycles. The Morgan fingerprint density at radius 1 is 1.31 bits per heavy atom. The van der Waals surface area contributed by atoms with Crippen molar-refractivity contribution in [3.05, 3.63) is 29.3 Å². The molecule has 88 valence electrons. The fourth-order valence-corrected chi connectivity index (χ4v) is 3.47. The van der Waals surface area contributed by atoms with Gasteiger partial charge in [-0.15, -0.1) is 0 Å². The second-order valence-electron chi connectivity index (χ2n) is 5.12. The molecule has 16 heavy (non-hydrogen) atoms. The lowest BCUT2D eigenvalue weighted by atomic mass is 9.86. The van der Waals surface area contributed by atoms with Gasteiger partial charge in [-0.05, 0) is 18.1 Å². The molecule has 0 aromatic heterocycles. The Labute approximate surface area is 97.1 Å². The summed E-state index contributed by atoms with van der Waals surface area (Å²) in [5.74, 6) is 0. The first kappa shape index (κ1) is 11.5. The van der Waals surface area contributed by atoms with Crippen LogP contribution < -0.4 is 4.31 Å². The smallest absolute Gasteiger partial charge is 0.232 e. The third-order valence-corrected chi connectivity index (χ3v) is 4.27. The molecule has 0 atom stereocenters. The van der Waals surface area contributed by atoms with E-state index >= 15 is 0 Å². The number of para-hydroxylation sites is 1. The Bertz CT molecular complexity index is 532. The first-order valence-corrected chi connectivity index (χ1v) is 7.16. The molecule has 0 saturated heterocycles. The molecule has 1 aromatic rings. The van der Waals surface area contributed by atoms with E-state index in [2.05, 4.69) is 13.8 Å². The quantitative estimate of drug-likeness (QED) is 0.752. The van der Waals surface area contributed by atoms with Crippen molar-refractivity contribution in [2.45, 2.75) is 26.2 Å². The van der Waals surface area contributed by atoms with Crippen LogP contribution in [0.4, 0.5) is 5.69 Å². The van der Waals surface area contributed by atoms with E-state index in [4.69, 9.17) is 0 Å². The minimum Gasteiger partial charge on any atom is -0.269 e. The highest BCUT2D eigenvalue weighted by molar-refractivity contribution is 7.92. The van der Waals surface area contributed by atoms with Gasteiger partial charge in [0.05, 0.1) is 11.9 Å². The van der Waals surface area contributed by atoms with Crippen molar-refractivity contribution in [1.29, 1.82) is 0 Å². The number of anilines is 1. The lowest BCUT2D eigenvalue weighted by Crippen LogP contribution is -2.33. The summed E-state index contributed by atoms with van der Waals surface area (Å²) in [5, 5.41) is 0. The third-order valence-electron chi connectivity index (χ3n) is 3.16. The van der Waals surface area contributed by atoms with Gasteiger partial charge in [0.25, 0.3) is 0 Å².